The molecule has 0 amide bonds. The van der Waals surface area contributed by atoms with Crippen molar-refractivity contribution in [3.05, 3.63) is 35.9 Å². The van der Waals surface area contributed by atoms with Gasteiger partial charge in [0.1, 0.15) is 0 Å². The van der Waals surface area contributed by atoms with E-state index in [2.05, 4.69) is 23.2 Å². The van der Waals surface area contributed by atoms with Crippen LogP contribution in [0.1, 0.15) is 18.4 Å². The van der Waals surface area contributed by atoms with Crippen molar-refractivity contribution in [2.75, 3.05) is 6.54 Å². The lowest BCUT2D eigenvalue weighted by Crippen LogP contribution is -1.87. The minimum Gasteiger partial charge on any atom is -0.211 e. The summed E-state index contributed by atoms with van der Waals surface area (Å²) < 4.78 is 0. The van der Waals surface area contributed by atoms with Crippen LogP contribution >= 0.6 is 0 Å². The average Bonchev–Trinajstić information content (AvgIpc) is 2.19. The molecule has 2 heteroatoms. The van der Waals surface area contributed by atoms with Gasteiger partial charge in [0.15, 0.2) is 0 Å². The Kier molecular flexibility index (Phi) is 4.58. The summed E-state index contributed by atoms with van der Waals surface area (Å²) in [6, 6.07) is 10.9. The van der Waals surface area contributed by atoms with Crippen molar-refractivity contribution in [1.82, 2.24) is 0 Å². The lowest BCUT2D eigenvalue weighted by molar-refractivity contribution is 0.562. The van der Waals surface area contributed by atoms with E-state index in [1.165, 1.54) is 11.6 Å². The van der Waals surface area contributed by atoms with Crippen molar-refractivity contribution in [3.63, 3.8) is 0 Å². The summed E-state index contributed by atoms with van der Waals surface area (Å²) in [5.41, 5.74) is 1.31. The van der Waals surface area contributed by atoms with E-state index in [1.807, 2.05) is 12.1 Å². The molecule has 0 unspecified atom stereocenters. The highest BCUT2D eigenvalue weighted by Crippen LogP contribution is 2.03. The number of rotatable bonds is 5. The highest BCUT2D eigenvalue weighted by Gasteiger charge is 1.90. The largest absolute Gasteiger partial charge is 0.234 e. The van der Waals surface area contributed by atoms with Gasteiger partial charge in [-0.1, -0.05) is 24.3 Å². The minimum atomic E-state index is 0.600. The number of nitrogens with zero attached hydrogens (tertiary/aromatic N) is 1. The highest BCUT2D eigenvalue weighted by atomic mass is 16.1. The smallest absolute Gasteiger partial charge is 0.211 e. The van der Waals surface area contributed by atoms with Gasteiger partial charge in [-0.05, 0) is 30.9 Å². The quantitative estimate of drug-likeness (QED) is 0.382. The molecule has 13 heavy (non-hydrogen) atoms. The van der Waals surface area contributed by atoms with E-state index in [0.29, 0.717) is 6.54 Å². The number of aliphatic imine (C=N–C) groups is 1. The maximum absolute atomic E-state index is 9.74. The highest BCUT2D eigenvalue weighted by molar-refractivity contribution is 5.32. The van der Waals surface area contributed by atoms with Crippen LogP contribution in [-0.2, 0) is 11.2 Å². The second kappa shape index (κ2) is 6.15. The van der Waals surface area contributed by atoms with E-state index in [4.69, 9.17) is 0 Å². The first-order valence-electron chi connectivity index (χ1n) is 4.42. The molecule has 0 saturated heterocycles. The normalized spacial score (nSPS) is 9.23. The number of unbranched alkanes of at least 4 members (excludes halogenated alkanes) is 1. The molecule has 0 spiro atoms. The number of aryl methyl sites for hydroxylation is 1. The molecule has 0 aromatic heterocycles. The molecule has 0 bridgehead atoms. The molecular formula is C11H12NO. The Bertz CT molecular complexity index is 275. The molecule has 0 aliphatic heterocycles. The van der Waals surface area contributed by atoms with Crippen LogP contribution in [0.5, 0.6) is 0 Å². The van der Waals surface area contributed by atoms with Crippen LogP contribution in [0.15, 0.2) is 29.3 Å². The predicted octanol–water partition coefficient (Wildman–Crippen LogP) is 2.15. The molecule has 0 heterocycles. The summed E-state index contributed by atoms with van der Waals surface area (Å²) in [7, 11) is 0. The molecule has 1 radical (unpaired) electrons. The zero-order chi connectivity index (χ0) is 9.36. The van der Waals surface area contributed by atoms with Crippen molar-refractivity contribution in [3.8, 4) is 0 Å². The fraction of sp³-hybridized carbons (Fsp3) is 0.364. The SMILES string of the molecule is O=C=NCCCCc1cc[c]cc1. The maximum atomic E-state index is 9.74. The third-order valence-corrected chi connectivity index (χ3v) is 1.84. The topological polar surface area (TPSA) is 29.4 Å². The molecular weight excluding hydrogens is 162 g/mol. The molecule has 0 aliphatic rings. The molecule has 0 atom stereocenters. The first-order chi connectivity index (χ1) is 6.43. The number of isocyanates is 1. The van der Waals surface area contributed by atoms with Crippen molar-refractivity contribution in [2.24, 2.45) is 4.99 Å². The molecule has 2 nitrogen and oxygen atoms in total. The van der Waals surface area contributed by atoms with Crippen LogP contribution in [0.4, 0.5) is 0 Å². The molecule has 1 aromatic rings. The molecule has 0 saturated carbocycles. The minimum absolute atomic E-state index is 0.600. The number of hydrogen-bond acceptors (Lipinski definition) is 2. The third-order valence-electron chi connectivity index (χ3n) is 1.84. The second-order valence-electron chi connectivity index (χ2n) is 2.84. The van der Waals surface area contributed by atoms with Crippen molar-refractivity contribution in [2.45, 2.75) is 19.3 Å². The van der Waals surface area contributed by atoms with E-state index >= 15 is 0 Å². The van der Waals surface area contributed by atoms with Gasteiger partial charge < -0.3 is 0 Å². The Morgan fingerprint density at radius 1 is 1.31 bits per heavy atom. The maximum Gasteiger partial charge on any atom is 0.234 e. The van der Waals surface area contributed by atoms with Gasteiger partial charge in [-0.3, -0.25) is 0 Å². The standard InChI is InChI=1S/C11H12NO/c13-10-12-9-5-4-8-11-6-2-1-3-7-11/h2-3,6-7H,4-5,8-9H2. The molecule has 67 valence electrons. The number of benzene rings is 1. The Morgan fingerprint density at radius 3 is 2.77 bits per heavy atom. The van der Waals surface area contributed by atoms with Crippen LogP contribution < -0.4 is 0 Å². The van der Waals surface area contributed by atoms with Crippen molar-refractivity contribution in [1.29, 1.82) is 0 Å². The van der Waals surface area contributed by atoms with Crippen LogP contribution in [0, 0.1) is 6.07 Å². The lowest BCUT2D eigenvalue weighted by atomic mass is 10.1. The summed E-state index contributed by atoms with van der Waals surface area (Å²) in [4.78, 5) is 13.2. The van der Waals surface area contributed by atoms with Gasteiger partial charge in [0, 0.05) is 0 Å². The van der Waals surface area contributed by atoms with E-state index in [9.17, 15) is 4.79 Å². The zero-order valence-electron chi connectivity index (χ0n) is 7.49. The number of carbonyl (C=O) groups excluding carboxylic acids is 1. The van der Waals surface area contributed by atoms with Gasteiger partial charge in [0.25, 0.3) is 0 Å². The molecule has 1 rings (SSSR count). The first-order valence-corrected chi connectivity index (χ1v) is 4.42. The van der Waals surface area contributed by atoms with Crippen LogP contribution in [0.25, 0.3) is 0 Å². The van der Waals surface area contributed by atoms with Crippen LogP contribution in [-0.4, -0.2) is 12.6 Å². The van der Waals surface area contributed by atoms with E-state index in [0.717, 1.165) is 19.3 Å². The summed E-state index contributed by atoms with van der Waals surface area (Å²) in [5.74, 6) is 0. The summed E-state index contributed by atoms with van der Waals surface area (Å²) in [6.45, 7) is 0.600. The molecule has 0 N–H and O–H groups in total. The van der Waals surface area contributed by atoms with Crippen LogP contribution in [0.3, 0.4) is 0 Å². The van der Waals surface area contributed by atoms with E-state index in [1.54, 1.807) is 0 Å². The molecule has 0 aliphatic carbocycles. The van der Waals surface area contributed by atoms with Gasteiger partial charge in [0.05, 0.1) is 6.54 Å². The zero-order valence-corrected chi connectivity index (χ0v) is 7.49. The Hall–Kier alpha value is -1.40. The second-order valence-corrected chi connectivity index (χ2v) is 2.84. The molecule has 1 aromatic carbocycles. The summed E-state index contributed by atoms with van der Waals surface area (Å²) in [5, 5.41) is 0. The monoisotopic (exact) mass is 174 g/mol. The molecule has 0 fully saturated rings. The third kappa shape index (κ3) is 4.24. The van der Waals surface area contributed by atoms with Gasteiger partial charge in [-0.2, -0.15) is 0 Å². The Labute approximate surface area is 78.3 Å². The Balaban J connectivity index is 2.17. The van der Waals surface area contributed by atoms with Crippen molar-refractivity contribution >= 4 is 6.08 Å². The van der Waals surface area contributed by atoms with Gasteiger partial charge >= 0.3 is 0 Å². The fourth-order valence-corrected chi connectivity index (χ4v) is 1.15. The van der Waals surface area contributed by atoms with Crippen LogP contribution in [0.2, 0.25) is 0 Å². The van der Waals surface area contributed by atoms with Crippen molar-refractivity contribution < 1.29 is 4.79 Å². The van der Waals surface area contributed by atoms with Gasteiger partial charge in [-0.15, -0.1) is 0 Å². The first kappa shape index (κ1) is 9.69. The Morgan fingerprint density at radius 2 is 2.08 bits per heavy atom. The summed E-state index contributed by atoms with van der Waals surface area (Å²) in [6.07, 6.45) is 4.60. The number of hydrogen-bond donors (Lipinski definition) is 0. The van der Waals surface area contributed by atoms with E-state index in [-0.39, 0.29) is 0 Å². The predicted molar refractivity (Wildman–Crippen MR) is 51.2 cm³/mol. The van der Waals surface area contributed by atoms with Gasteiger partial charge in [0.2, 0.25) is 6.08 Å². The fourth-order valence-electron chi connectivity index (χ4n) is 1.15. The summed E-state index contributed by atoms with van der Waals surface area (Å²) >= 11 is 0. The van der Waals surface area contributed by atoms with Gasteiger partial charge in [-0.25, -0.2) is 9.79 Å². The van der Waals surface area contributed by atoms with E-state index < -0.39 is 0 Å². The lowest BCUT2D eigenvalue weighted by Gasteiger charge is -1.97. The average molecular weight is 174 g/mol.